The summed E-state index contributed by atoms with van der Waals surface area (Å²) in [6, 6.07) is 2.28. The Morgan fingerprint density at radius 3 is 2.81 bits per heavy atom. The van der Waals surface area contributed by atoms with Gasteiger partial charge in [-0.05, 0) is 32.1 Å². The van der Waals surface area contributed by atoms with Crippen molar-refractivity contribution in [1.82, 2.24) is 15.2 Å². The summed E-state index contributed by atoms with van der Waals surface area (Å²) < 4.78 is 14.6. The first-order valence-electron chi connectivity index (χ1n) is 8.04. The fourth-order valence-corrected chi connectivity index (χ4v) is 3.06. The molecule has 5 heteroatoms. The highest BCUT2D eigenvalue weighted by Gasteiger charge is 2.28. The van der Waals surface area contributed by atoms with Gasteiger partial charge in [0, 0.05) is 37.4 Å². The van der Waals surface area contributed by atoms with Crippen LogP contribution in [0.3, 0.4) is 0 Å². The van der Waals surface area contributed by atoms with E-state index in [-0.39, 0.29) is 5.82 Å². The Balaban J connectivity index is 2.09. The van der Waals surface area contributed by atoms with Gasteiger partial charge in [-0.1, -0.05) is 20.8 Å². The third-order valence-electron chi connectivity index (χ3n) is 4.31. The molecule has 0 bridgehead atoms. The number of hydrogen-bond donors (Lipinski definition) is 1. The molecule has 1 saturated heterocycles. The van der Waals surface area contributed by atoms with Crippen LogP contribution in [0.5, 0.6) is 0 Å². The summed E-state index contributed by atoms with van der Waals surface area (Å²) >= 11 is 0. The molecule has 1 aliphatic heterocycles. The van der Waals surface area contributed by atoms with Crippen molar-refractivity contribution in [3.8, 4) is 0 Å². The zero-order valence-electron chi connectivity index (χ0n) is 13.4. The Morgan fingerprint density at radius 2 is 2.14 bits per heavy atom. The van der Waals surface area contributed by atoms with Crippen LogP contribution in [0.25, 0.3) is 0 Å². The molecule has 1 aliphatic rings. The first kappa shape index (κ1) is 16.2. The number of anilines is 1. The van der Waals surface area contributed by atoms with Gasteiger partial charge < -0.3 is 10.2 Å². The predicted octanol–water partition coefficient (Wildman–Crippen LogP) is 2.25. The van der Waals surface area contributed by atoms with Crippen molar-refractivity contribution < 1.29 is 4.39 Å². The molecule has 4 nitrogen and oxygen atoms in total. The number of likely N-dealkylation sites (N-methyl/N-ethyl adjacent to an activating group) is 1. The monoisotopic (exact) mass is 294 g/mol. The van der Waals surface area contributed by atoms with E-state index in [9.17, 15) is 4.39 Å². The van der Waals surface area contributed by atoms with Gasteiger partial charge in [0.25, 0.3) is 0 Å². The second-order valence-corrected chi connectivity index (χ2v) is 5.50. The Kier molecular flexibility index (Phi) is 5.94. The van der Waals surface area contributed by atoms with Gasteiger partial charge in [-0.3, -0.25) is 4.90 Å². The van der Waals surface area contributed by atoms with E-state index < -0.39 is 0 Å². The molecule has 21 heavy (non-hydrogen) atoms. The van der Waals surface area contributed by atoms with Crippen LogP contribution < -0.4 is 10.2 Å². The van der Waals surface area contributed by atoms with Gasteiger partial charge in [-0.25, -0.2) is 9.37 Å². The van der Waals surface area contributed by atoms with Gasteiger partial charge in [-0.15, -0.1) is 0 Å². The number of pyridine rings is 1. The predicted molar refractivity (Wildman–Crippen MR) is 85.1 cm³/mol. The minimum Gasteiger partial charge on any atom is -0.353 e. The first-order valence-corrected chi connectivity index (χ1v) is 8.04. The first-order chi connectivity index (χ1) is 10.2. The molecule has 0 spiro atoms. The molecule has 1 atom stereocenters. The summed E-state index contributed by atoms with van der Waals surface area (Å²) in [5.74, 6) is 0.346. The Bertz CT molecular complexity index is 448. The number of rotatable bonds is 7. The standard InChI is InChI=1S/C16H27FN4/c1-4-18-11-13-7-9-19-16(15(13)17)21-10-8-14(12-21)20(5-2)6-3/h7,9,14,18H,4-6,8,10-12H2,1-3H3. The lowest BCUT2D eigenvalue weighted by molar-refractivity contribution is 0.232. The number of nitrogens with zero attached hydrogens (tertiary/aromatic N) is 3. The lowest BCUT2D eigenvalue weighted by Gasteiger charge is -2.26. The van der Waals surface area contributed by atoms with Crippen LogP contribution in [0.15, 0.2) is 12.3 Å². The molecule has 2 rings (SSSR count). The van der Waals surface area contributed by atoms with Gasteiger partial charge in [-0.2, -0.15) is 0 Å². The lowest BCUT2D eigenvalue weighted by atomic mass is 10.2. The summed E-state index contributed by atoms with van der Waals surface area (Å²) in [7, 11) is 0. The molecule has 0 aromatic carbocycles. The molecule has 1 unspecified atom stereocenters. The van der Waals surface area contributed by atoms with Gasteiger partial charge in [0.2, 0.25) is 0 Å². The Morgan fingerprint density at radius 1 is 1.38 bits per heavy atom. The van der Waals surface area contributed by atoms with Crippen molar-refractivity contribution in [2.75, 3.05) is 37.6 Å². The van der Waals surface area contributed by atoms with E-state index in [1.807, 2.05) is 6.92 Å². The van der Waals surface area contributed by atoms with Crippen molar-refractivity contribution in [1.29, 1.82) is 0 Å². The number of halogens is 1. The third kappa shape index (κ3) is 3.71. The Hall–Kier alpha value is -1.20. The second kappa shape index (κ2) is 7.71. The van der Waals surface area contributed by atoms with E-state index in [0.717, 1.165) is 39.1 Å². The molecule has 0 radical (unpaired) electrons. The fourth-order valence-electron chi connectivity index (χ4n) is 3.06. The maximum absolute atomic E-state index is 14.6. The quantitative estimate of drug-likeness (QED) is 0.836. The van der Waals surface area contributed by atoms with Gasteiger partial charge in [0.1, 0.15) is 0 Å². The third-order valence-corrected chi connectivity index (χ3v) is 4.31. The molecule has 0 amide bonds. The largest absolute Gasteiger partial charge is 0.353 e. The summed E-state index contributed by atoms with van der Waals surface area (Å²) in [6.07, 6.45) is 2.80. The zero-order valence-corrected chi connectivity index (χ0v) is 13.4. The van der Waals surface area contributed by atoms with E-state index in [2.05, 4.69) is 33.9 Å². The number of nitrogens with one attached hydrogen (secondary N) is 1. The highest BCUT2D eigenvalue weighted by Crippen LogP contribution is 2.25. The van der Waals surface area contributed by atoms with Crippen LogP contribution in [0.4, 0.5) is 10.2 Å². The molecule has 0 aliphatic carbocycles. The lowest BCUT2D eigenvalue weighted by Crippen LogP contribution is -2.37. The van der Waals surface area contributed by atoms with Crippen LogP contribution in [0.1, 0.15) is 32.8 Å². The molecular formula is C16H27FN4. The maximum atomic E-state index is 14.6. The molecule has 1 aromatic rings. The van der Waals surface area contributed by atoms with Gasteiger partial charge >= 0.3 is 0 Å². The summed E-state index contributed by atoms with van der Waals surface area (Å²) in [5, 5.41) is 3.17. The van der Waals surface area contributed by atoms with E-state index in [1.54, 1.807) is 12.3 Å². The molecular weight excluding hydrogens is 267 g/mol. The fraction of sp³-hybridized carbons (Fsp3) is 0.688. The van der Waals surface area contributed by atoms with E-state index >= 15 is 0 Å². The molecule has 2 heterocycles. The molecule has 1 N–H and O–H groups in total. The van der Waals surface area contributed by atoms with Crippen molar-refractivity contribution in [3.63, 3.8) is 0 Å². The van der Waals surface area contributed by atoms with Crippen molar-refractivity contribution in [3.05, 3.63) is 23.6 Å². The minimum absolute atomic E-state index is 0.168. The van der Waals surface area contributed by atoms with Gasteiger partial charge in [0.05, 0.1) is 0 Å². The molecule has 1 fully saturated rings. The number of hydrogen-bond acceptors (Lipinski definition) is 4. The van der Waals surface area contributed by atoms with E-state index in [1.165, 1.54) is 0 Å². The van der Waals surface area contributed by atoms with Crippen molar-refractivity contribution in [2.45, 2.75) is 39.8 Å². The van der Waals surface area contributed by atoms with Gasteiger partial charge in [0.15, 0.2) is 11.6 Å². The Labute approximate surface area is 127 Å². The SMILES string of the molecule is CCNCc1ccnc(N2CCC(N(CC)CC)C2)c1F. The molecule has 118 valence electrons. The summed E-state index contributed by atoms with van der Waals surface area (Å²) in [6.45, 7) is 11.6. The van der Waals surface area contributed by atoms with Crippen LogP contribution in [-0.4, -0.2) is 48.6 Å². The van der Waals surface area contributed by atoms with Crippen LogP contribution in [0.2, 0.25) is 0 Å². The maximum Gasteiger partial charge on any atom is 0.170 e. The molecule has 1 aromatic heterocycles. The zero-order chi connectivity index (χ0) is 15.2. The smallest absolute Gasteiger partial charge is 0.170 e. The van der Waals surface area contributed by atoms with Crippen molar-refractivity contribution >= 4 is 5.82 Å². The summed E-state index contributed by atoms with van der Waals surface area (Å²) in [5.41, 5.74) is 0.702. The van der Waals surface area contributed by atoms with Crippen LogP contribution in [0, 0.1) is 5.82 Å². The molecule has 0 saturated carbocycles. The van der Waals surface area contributed by atoms with E-state index in [0.29, 0.717) is 24.0 Å². The second-order valence-electron chi connectivity index (χ2n) is 5.50. The highest BCUT2D eigenvalue weighted by atomic mass is 19.1. The average molecular weight is 294 g/mol. The van der Waals surface area contributed by atoms with Crippen molar-refractivity contribution in [2.24, 2.45) is 0 Å². The summed E-state index contributed by atoms with van der Waals surface area (Å²) in [4.78, 5) is 8.81. The average Bonchev–Trinajstić information content (AvgIpc) is 2.97. The normalized spacial score (nSPS) is 18.7. The number of aromatic nitrogens is 1. The van der Waals surface area contributed by atoms with Crippen LogP contribution >= 0.6 is 0 Å². The topological polar surface area (TPSA) is 31.4 Å². The van der Waals surface area contributed by atoms with Crippen LogP contribution in [-0.2, 0) is 6.54 Å². The van der Waals surface area contributed by atoms with E-state index in [4.69, 9.17) is 0 Å². The minimum atomic E-state index is -0.168. The highest BCUT2D eigenvalue weighted by molar-refractivity contribution is 5.44.